The van der Waals surface area contributed by atoms with Gasteiger partial charge in [0.15, 0.2) is 0 Å². The molecule has 3 amide bonds. The Balaban J connectivity index is 1.80. The van der Waals surface area contributed by atoms with Gasteiger partial charge in [0.25, 0.3) is 11.8 Å². The van der Waals surface area contributed by atoms with E-state index in [0.717, 1.165) is 31.0 Å². The summed E-state index contributed by atoms with van der Waals surface area (Å²) in [5.74, 6) is -3.84. The Morgan fingerprint density at radius 1 is 0.822 bits per heavy atom. The maximum absolute atomic E-state index is 14.0. The molecule has 0 saturated heterocycles. The van der Waals surface area contributed by atoms with E-state index in [1.807, 2.05) is 13.8 Å². The zero-order valence-corrected chi connectivity index (χ0v) is 26.2. The standard InChI is InChI=1S/C35H42F3N3O4/c1-5-11-41(12-6-2)35(45)27-14-22(3)13-26(19-27)34(44)40-31(18-25-16-29(37)20-30(38)17-25)32(42)15-23(4)33(43)39-21-24-7-9-28(36)10-8-24/h7-10,13-14,16-17,19-20,23,31-32,42H,5-6,11-12,15,18,21H2,1-4H3,(H,39,43)(H,40,44)/t23-,31+,32+/m1/s1. The zero-order chi connectivity index (χ0) is 33.1. The monoisotopic (exact) mass is 625 g/mol. The van der Waals surface area contributed by atoms with E-state index < -0.39 is 41.4 Å². The molecule has 3 aromatic rings. The third-order valence-electron chi connectivity index (χ3n) is 7.44. The van der Waals surface area contributed by atoms with Crippen LogP contribution in [0.4, 0.5) is 13.2 Å². The van der Waals surface area contributed by atoms with Crippen LogP contribution >= 0.6 is 0 Å². The summed E-state index contributed by atoms with van der Waals surface area (Å²) in [7, 11) is 0. The van der Waals surface area contributed by atoms with Crippen molar-refractivity contribution in [2.45, 2.75) is 72.1 Å². The maximum atomic E-state index is 14.0. The molecule has 0 heterocycles. The largest absolute Gasteiger partial charge is 0.391 e. The molecule has 0 radical (unpaired) electrons. The third kappa shape index (κ3) is 10.7. The van der Waals surface area contributed by atoms with Gasteiger partial charge in [0.05, 0.1) is 12.1 Å². The minimum absolute atomic E-state index is 0.0709. The Labute approximate surface area is 262 Å². The zero-order valence-electron chi connectivity index (χ0n) is 26.2. The van der Waals surface area contributed by atoms with Gasteiger partial charge in [0, 0.05) is 42.7 Å². The highest BCUT2D eigenvalue weighted by molar-refractivity contribution is 6.00. The molecule has 0 unspecified atom stereocenters. The normalized spacial score (nSPS) is 13.1. The van der Waals surface area contributed by atoms with Gasteiger partial charge in [-0.1, -0.05) is 32.9 Å². The lowest BCUT2D eigenvalue weighted by atomic mass is 9.93. The minimum atomic E-state index is -1.28. The summed E-state index contributed by atoms with van der Waals surface area (Å²) in [5.41, 5.74) is 2.14. The molecule has 7 nitrogen and oxygen atoms in total. The van der Waals surface area contributed by atoms with Crippen molar-refractivity contribution in [2.24, 2.45) is 5.92 Å². The quantitative estimate of drug-likeness (QED) is 0.201. The van der Waals surface area contributed by atoms with Crippen molar-refractivity contribution in [3.63, 3.8) is 0 Å². The van der Waals surface area contributed by atoms with E-state index in [2.05, 4.69) is 10.6 Å². The van der Waals surface area contributed by atoms with Crippen LogP contribution in [0, 0.1) is 30.3 Å². The minimum Gasteiger partial charge on any atom is -0.391 e. The highest BCUT2D eigenvalue weighted by Crippen LogP contribution is 2.19. The number of hydrogen-bond acceptors (Lipinski definition) is 4. The highest BCUT2D eigenvalue weighted by Gasteiger charge is 2.27. The second kappa shape index (κ2) is 16.8. The molecule has 0 aromatic heterocycles. The van der Waals surface area contributed by atoms with Gasteiger partial charge in [-0.05, 0) is 91.8 Å². The van der Waals surface area contributed by atoms with Crippen molar-refractivity contribution in [2.75, 3.05) is 13.1 Å². The van der Waals surface area contributed by atoms with Crippen LogP contribution in [0.15, 0.2) is 60.7 Å². The average molecular weight is 626 g/mol. The summed E-state index contributed by atoms with van der Waals surface area (Å²) < 4.78 is 41.2. The molecule has 3 atom stereocenters. The molecule has 3 rings (SSSR count). The van der Waals surface area contributed by atoms with Crippen molar-refractivity contribution in [3.05, 3.63) is 106 Å². The summed E-state index contributed by atoms with van der Waals surface area (Å²) in [6.07, 6.45) is 0.103. The summed E-state index contributed by atoms with van der Waals surface area (Å²) >= 11 is 0. The maximum Gasteiger partial charge on any atom is 0.253 e. The van der Waals surface area contributed by atoms with Gasteiger partial charge in [-0.2, -0.15) is 0 Å². The predicted molar refractivity (Wildman–Crippen MR) is 167 cm³/mol. The lowest BCUT2D eigenvalue weighted by molar-refractivity contribution is -0.125. The fourth-order valence-electron chi connectivity index (χ4n) is 5.19. The Morgan fingerprint density at radius 2 is 1.42 bits per heavy atom. The van der Waals surface area contributed by atoms with Crippen molar-refractivity contribution in [3.8, 4) is 0 Å². The van der Waals surface area contributed by atoms with Crippen LogP contribution in [0.5, 0.6) is 0 Å². The first-order valence-electron chi connectivity index (χ1n) is 15.3. The van der Waals surface area contributed by atoms with Gasteiger partial charge >= 0.3 is 0 Å². The van der Waals surface area contributed by atoms with Crippen LogP contribution in [0.1, 0.15) is 77.4 Å². The first kappa shape index (κ1) is 35.3. The molecular weight excluding hydrogens is 583 g/mol. The molecule has 0 aliphatic carbocycles. The first-order chi connectivity index (χ1) is 21.4. The van der Waals surface area contributed by atoms with E-state index in [1.54, 1.807) is 43.0 Å². The molecule has 242 valence electrons. The first-order valence-corrected chi connectivity index (χ1v) is 15.3. The Morgan fingerprint density at radius 3 is 2.02 bits per heavy atom. The number of amides is 3. The van der Waals surface area contributed by atoms with E-state index in [1.165, 1.54) is 18.2 Å². The Hall–Kier alpha value is -4.18. The number of aliphatic hydroxyl groups excluding tert-OH is 1. The van der Waals surface area contributed by atoms with Gasteiger partial charge in [0.2, 0.25) is 5.91 Å². The summed E-state index contributed by atoms with van der Waals surface area (Å²) in [6.45, 7) is 8.66. The van der Waals surface area contributed by atoms with Gasteiger partial charge in [-0.15, -0.1) is 0 Å². The summed E-state index contributed by atoms with van der Waals surface area (Å²) in [6, 6.07) is 12.4. The van der Waals surface area contributed by atoms with E-state index >= 15 is 0 Å². The fourth-order valence-corrected chi connectivity index (χ4v) is 5.19. The molecule has 10 heteroatoms. The van der Waals surface area contributed by atoms with Crippen LogP contribution < -0.4 is 10.6 Å². The Kier molecular flexibility index (Phi) is 13.2. The van der Waals surface area contributed by atoms with Crippen molar-refractivity contribution < 1.29 is 32.7 Å². The number of nitrogens with zero attached hydrogens (tertiary/aromatic N) is 1. The molecule has 0 spiro atoms. The number of carbonyl (C=O) groups is 3. The van der Waals surface area contributed by atoms with Crippen LogP contribution in [-0.4, -0.2) is 53.0 Å². The topological polar surface area (TPSA) is 98.7 Å². The number of aliphatic hydroxyl groups is 1. The van der Waals surface area contributed by atoms with E-state index in [9.17, 15) is 32.7 Å². The molecule has 0 bridgehead atoms. The fraction of sp³-hybridized carbons (Fsp3) is 0.400. The lowest BCUT2D eigenvalue weighted by Gasteiger charge is -2.27. The van der Waals surface area contributed by atoms with Gasteiger partial charge < -0.3 is 20.6 Å². The number of halogens is 3. The van der Waals surface area contributed by atoms with Crippen LogP contribution in [0.25, 0.3) is 0 Å². The molecule has 3 N–H and O–H groups in total. The molecule has 0 aliphatic rings. The summed E-state index contributed by atoms with van der Waals surface area (Å²) in [4.78, 5) is 41.3. The van der Waals surface area contributed by atoms with Gasteiger partial charge in [0.1, 0.15) is 17.5 Å². The molecule has 3 aromatic carbocycles. The number of rotatable bonds is 15. The second-order valence-electron chi connectivity index (χ2n) is 11.5. The number of aryl methyl sites for hydroxylation is 1. The molecular formula is C35H42F3N3O4. The lowest BCUT2D eigenvalue weighted by Crippen LogP contribution is -2.46. The molecule has 0 fully saturated rings. The van der Waals surface area contributed by atoms with Crippen LogP contribution in [0.3, 0.4) is 0 Å². The van der Waals surface area contributed by atoms with Gasteiger partial charge in [-0.3, -0.25) is 14.4 Å². The number of hydrogen-bond donors (Lipinski definition) is 3. The Bertz CT molecular complexity index is 1440. The second-order valence-corrected chi connectivity index (χ2v) is 11.5. The smallest absolute Gasteiger partial charge is 0.253 e. The van der Waals surface area contributed by atoms with Crippen LogP contribution in [-0.2, 0) is 17.8 Å². The molecule has 0 aliphatic heterocycles. The third-order valence-corrected chi connectivity index (χ3v) is 7.44. The number of nitrogens with one attached hydrogen (secondary N) is 2. The van der Waals surface area contributed by atoms with Crippen molar-refractivity contribution >= 4 is 17.7 Å². The molecule has 0 saturated carbocycles. The van der Waals surface area contributed by atoms with Gasteiger partial charge in [-0.25, -0.2) is 13.2 Å². The van der Waals surface area contributed by atoms with E-state index in [4.69, 9.17) is 0 Å². The highest BCUT2D eigenvalue weighted by atomic mass is 19.1. The number of carbonyl (C=O) groups excluding carboxylic acids is 3. The summed E-state index contributed by atoms with van der Waals surface area (Å²) in [5, 5.41) is 16.8. The molecule has 45 heavy (non-hydrogen) atoms. The van der Waals surface area contributed by atoms with Crippen LogP contribution in [0.2, 0.25) is 0 Å². The number of benzene rings is 3. The predicted octanol–water partition coefficient (Wildman–Crippen LogP) is 5.72. The van der Waals surface area contributed by atoms with E-state index in [0.29, 0.717) is 29.8 Å². The van der Waals surface area contributed by atoms with Crippen molar-refractivity contribution in [1.29, 1.82) is 0 Å². The average Bonchev–Trinajstić information content (AvgIpc) is 2.98. The van der Waals surface area contributed by atoms with Crippen molar-refractivity contribution in [1.82, 2.24) is 15.5 Å². The van der Waals surface area contributed by atoms with E-state index in [-0.39, 0.29) is 42.3 Å². The SMILES string of the molecule is CCCN(CCC)C(=O)c1cc(C)cc(C(=O)N[C@@H](Cc2cc(F)cc(F)c2)[C@@H](O)C[C@@H](C)C(=O)NCc2ccc(F)cc2)c1.